The molecule has 1 aromatic heterocycles. The third-order valence-electron chi connectivity index (χ3n) is 2.30. The van der Waals surface area contributed by atoms with E-state index < -0.39 is 21.8 Å². The summed E-state index contributed by atoms with van der Waals surface area (Å²) in [6.07, 6.45) is 0. The summed E-state index contributed by atoms with van der Waals surface area (Å²) in [5.41, 5.74) is -0.0247. The van der Waals surface area contributed by atoms with Crippen molar-refractivity contribution in [2.24, 2.45) is 0 Å². The third kappa shape index (κ3) is 3.54. The van der Waals surface area contributed by atoms with Crippen LogP contribution in [0.2, 0.25) is 5.02 Å². The van der Waals surface area contributed by atoms with E-state index in [1.807, 2.05) is 0 Å². The highest BCUT2D eigenvalue weighted by atomic mass is 79.9. The van der Waals surface area contributed by atoms with Crippen molar-refractivity contribution in [3.8, 4) is 0 Å². The number of aromatic carboxylic acids is 1. The average Bonchev–Trinajstić information content (AvgIpc) is 2.84. The van der Waals surface area contributed by atoms with Gasteiger partial charge in [0.1, 0.15) is 14.9 Å². The first-order chi connectivity index (χ1) is 9.70. The summed E-state index contributed by atoms with van der Waals surface area (Å²) < 4.78 is 39.6. The van der Waals surface area contributed by atoms with Crippen molar-refractivity contribution in [3.05, 3.63) is 44.5 Å². The zero-order valence-corrected chi connectivity index (χ0v) is 13.9. The van der Waals surface area contributed by atoms with Crippen LogP contribution in [0.3, 0.4) is 0 Å². The second-order valence-corrected chi connectivity index (χ2v) is 8.03. The van der Waals surface area contributed by atoms with Crippen LogP contribution in [0, 0.1) is 5.82 Å². The number of hydrogen-bond acceptors (Lipinski definition) is 4. The lowest BCUT2D eigenvalue weighted by Crippen LogP contribution is -2.12. The van der Waals surface area contributed by atoms with Gasteiger partial charge < -0.3 is 5.11 Å². The quantitative estimate of drug-likeness (QED) is 0.797. The van der Waals surface area contributed by atoms with Crippen LogP contribution in [0.1, 0.15) is 9.67 Å². The van der Waals surface area contributed by atoms with Crippen molar-refractivity contribution in [3.63, 3.8) is 0 Å². The number of benzene rings is 1. The monoisotopic (exact) mass is 413 g/mol. The molecular weight excluding hydrogens is 409 g/mol. The highest BCUT2D eigenvalue weighted by molar-refractivity contribution is 9.10. The van der Waals surface area contributed by atoms with Gasteiger partial charge in [0, 0.05) is 4.47 Å². The van der Waals surface area contributed by atoms with Crippen LogP contribution in [-0.4, -0.2) is 19.5 Å². The Morgan fingerprint density at radius 1 is 1.38 bits per heavy atom. The van der Waals surface area contributed by atoms with Crippen molar-refractivity contribution in [2.45, 2.75) is 4.21 Å². The molecule has 0 aliphatic rings. The fourth-order valence-corrected chi connectivity index (χ4v) is 4.74. The first kappa shape index (κ1) is 16.2. The van der Waals surface area contributed by atoms with Crippen molar-refractivity contribution in [1.29, 1.82) is 0 Å². The summed E-state index contributed by atoms with van der Waals surface area (Å²) in [6.45, 7) is 0. The van der Waals surface area contributed by atoms with Crippen molar-refractivity contribution >= 4 is 60.5 Å². The molecule has 0 unspecified atom stereocenters. The Labute approximate surface area is 136 Å². The zero-order chi connectivity index (χ0) is 15.8. The molecule has 1 aromatic carbocycles. The number of carbonyl (C=O) groups is 1. The van der Waals surface area contributed by atoms with E-state index in [-0.39, 0.29) is 24.3 Å². The lowest BCUT2D eigenvalue weighted by atomic mass is 10.3. The van der Waals surface area contributed by atoms with E-state index >= 15 is 0 Å². The van der Waals surface area contributed by atoms with E-state index in [4.69, 9.17) is 16.7 Å². The normalized spacial score (nSPS) is 11.4. The number of rotatable bonds is 4. The smallest absolute Gasteiger partial charge is 0.345 e. The van der Waals surface area contributed by atoms with E-state index in [2.05, 4.69) is 20.7 Å². The molecule has 10 heteroatoms. The summed E-state index contributed by atoms with van der Waals surface area (Å²) >= 11 is 9.41. The van der Waals surface area contributed by atoms with Gasteiger partial charge in [-0.2, -0.15) is 0 Å². The predicted octanol–water partition coefficient (Wildman–Crippen LogP) is 3.80. The second-order valence-electron chi connectivity index (χ2n) is 3.77. The maximum atomic E-state index is 13.1. The van der Waals surface area contributed by atoms with Crippen LogP contribution in [0.15, 0.2) is 32.9 Å². The molecule has 0 aliphatic carbocycles. The van der Waals surface area contributed by atoms with E-state index in [9.17, 15) is 17.6 Å². The lowest BCUT2D eigenvalue weighted by molar-refractivity contribution is 0.0702. The molecule has 2 aromatic rings. The van der Waals surface area contributed by atoms with Gasteiger partial charge in [-0.15, -0.1) is 11.3 Å². The Morgan fingerprint density at radius 2 is 2.05 bits per heavy atom. The first-order valence-electron chi connectivity index (χ1n) is 5.21. The number of carboxylic acid groups (broad SMARTS) is 1. The fraction of sp³-hybridized carbons (Fsp3) is 0. The maximum absolute atomic E-state index is 13.1. The molecule has 0 bridgehead atoms. The van der Waals surface area contributed by atoms with Crippen LogP contribution < -0.4 is 4.72 Å². The molecule has 0 saturated heterocycles. The molecule has 2 N–H and O–H groups in total. The molecule has 0 amide bonds. The molecule has 0 aliphatic heterocycles. The highest BCUT2D eigenvalue weighted by Gasteiger charge is 2.21. The minimum atomic E-state index is -4.02. The molecule has 0 saturated carbocycles. The number of carboxylic acids is 1. The molecule has 1 heterocycles. The van der Waals surface area contributed by atoms with Crippen LogP contribution >= 0.6 is 38.9 Å². The Hall–Kier alpha value is -1.16. The second kappa shape index (κ2) is 5.91. The SMILES string of the molecule is O=C(O)c1ccc(S(=O)(=O)Nc2c(Cl)cc(F)cc2Br)s1. The number of hydrogen-bond donors (Lipinski definition) is 2. The van der Waals surface area contributed by atoms with Crippen molar-refractivity contribution < 1.29 is 22.7 Å². The van der Waals surface area contributed by atoms with E-state index in [1.165, 1.54) is 12.1 Å². The fourth-order valence-electron chi connectivity index (χ4n) is 1.40. The summed E-state index contributed by atoms with van der Waals surface area (Å²) in [5.74, 6) is -1.85. The zero-order valence-electron chi connectivity index (χ0n) is 9.93. The predicted molar refractivity (Wildman–Crippen MR) is 81.2 cm³/mol. The Balaban J connectivity index is 2.40. The Kier molecular flexibility index (Phi) is 4.57. The summed E-state index contributed by atoms with van der Waals surface area (Å²) in [6, 6.07) is 4.37. The molecule has 0 spiro atoms. The van der Waals surface area contributed by atoms with Gasteiger partial charge in [0.05, 0.1) is 10.7 Å². The number of halogens is 3. The van der Waals surface area contributed by atoms with Gasteiger partial charge in [0.25, 0.3) is 10.0 Å². The Bertz CT molecular complexity index is 798. The minimum Gasteiger partial charge on any atom is -0.477 e. The van der Waals surface area contributed by atoms with Gasteiger partial charge in [-0.3, -0.25) is 4.72 Å². The molecule has 5 nitrogen and oxygen atoms in total. The molecule has 0 fully saturated rings. The lowest BCUT2D eigenvalue weighted by Gasteiger charge is -2.10. The van der Waals surface area contributed by atoms with E-state index in [1.54, 1.807) is 0 Å². The van der Waals surface area contributed by atoms with Gasteiger partial charge in [-0.1, -0.05) is 11.6 Å². The summed E-state index contributed by atoms with van der Waals surface area (Å²) in [7, 11) is -4.02. The van der Waals surface area contributed by atoms with Crippen LogP contribution in [0.5, 0.6) is 0 Å². The van der Waals surface area contributed by atoms with Crippen molar-refractivity contribution in [2.75, 3.05) is 4.72 Å². The van der Waals surface area contributed by atoms with E-state index in [0.717, 1.165) is 12.1 Å². The average molecular weight is 415 g/mol. The molecule has 0 atom stereocenters. The topological polar surface area (TPSA) is 83.5 Å². The van der Waals surface area contributed by atoms with Gasteiger partial charge in [-0.05, 0) is 40.2 Å². The number of anilines is 1. The first-order valence-corrected chi connectivity index (χ1v) is 8.68. The maximum Gasteiger partial charge on any atom is 0.345 e. The van der Waals surface area contributed by atoms with E-state index in [0.29, 0.717) is 11.3 Å². The standard InChI is InChI=1S/C11H6BrClFNO4S2/c12-6-3-5(14)4-7(13)10(6)15-21(18,19)9-2-1-8(20-9)11(16)17/h1-4,15H,(H,16,17). The molecule has 0 radical (unpaired) electrons. The number of nitrogens with one attached hydrogen (secondary N) is 1. The van der Waals surface area contributed by atoms with Crippen molar-refractivity contribution in [1.82, 2.24) is 0 Å². The molecular formula is C11H6BrClFNO4S2. The van der Waals surface area contributed by atoms with Gasteiger partial charge in [-0.25, -0.2) is 17.6 Å². The van der Waals surface area contributed by atoms with Crippen LogP contribution in [0.4, 0.5) is 10.1 Å². The Morgan fingerprint density at radius 3 is 2.57 bits per heavy atom. The van der Waals surface area contributed by atoms with Gasteiger partial charge in [0.15, 0.2) is 0 Å². The van der Waals surface area contributed by atoms with Crippen LogP contribution in [0.25, 0.3) is 0 Å². The van der Waals surface area contributed by atoms with Crippen LogP contribution in [-0.2, 0) is 10.0 Å². The summed E-state index contributed by atoms with van der Waals surface area (Å²) in [5, 5.41) is 8.67. The molecule has 112 valence electrons. The molecule has 21 heavy (non-hydrogen) atoms. The van der Waals surface area contributed by atoms with Gasteiger partial charge >= 0.3 is 5.97 Å². The largest absolute Gasteiger partial charge is 0.477 e. The van der Waals surface area contributed by atoms with Gasteiger partial charge in [0.2, 0.25) is 0 Å². The number of sulfonamides is 1. The molecule has 2 rings (SSSR count). The summed E-state index contributed by atoms with van der Waals surface area (Å²) in [4.78, 5) is 10.7. The minimum absolute atomic E-state index is 0.0247. The number of thiophene rings is 1. The highest BCUT2D eigenvalue weighted by Crippen LogP contribution is 2.34. The third-order valence-corrected chi connectivity index (χ3v) is 6.14.